The van der Waals surface area contributed by atoms with Crippen LogP contribution in [0.4, 0.5) is 5.69 Å². The smallest absolute Gasteiger partial charge is 0.268 e. The van der Waals surface area contributed by atoms with E-state index in [-0.39, 0.29) is 27.7 Å². The van der Waals surface area contributed by atoms with Crippen molar-refractivity contribution in [2.45, 2.75) is 75.8 Å². The van der Waals surface area contributed by atoms with Gasteiger partial charge in [-0.1, -0.05) is 43.2 Å². The predicted octanol–water partition coefficient (Wildman–Crippen LogP) is 9.09. The maximum absolute atomic E-state index is 14.0. The van der Waals surface area contributed by atoms with E-state index in [1.165, 1.54) is 29.0 Å². The molecule has 1 amide bonds. The lowest BCUT2D eigenvalue weighted by molar-refractivity contribution is -0.00146. The first kappa shape index (κ1) is 44.7. The number of piperazine rings is 1. The Hall–Kier alpha value is -4.51. The molecule has 64 heavy (non-hydrogen) atoms. The normalized spacial score (nSPS) is 21.2. The molecule has 2 aromatic carbocycles. The number of halogens is 2. The second kappa shape index (κ2) is 19.1. The lowest BCUT2D eigenvalue weighted by atomic mass is 9.72. The Morgan fingerprint density at radius 3 is 2.47 bits per heavy atom. The van der Waals surface area contributed by atoms with Crippen molar-refractivity contribution in [2.24, 2.45) is 5.41 Å². The predicted molar refractivity (Wildman–Crippen MR) is 253 cm³/mol. The number of sulfonamides is 1. The van der Waals surface area contributed by atoms with Gasteiger partial charge in [-0.05, 0) is 120 Å². The summed E-state index contributed by atoms with van der Waals surface area (Å²) in [5.41, 5.74) is 6.04. The lowest BCUT2D eigenvalue weighted by Gasteiger charge is -2.39. The monoisotopic (exact) mass is 971 g/mol. The van der Waals surface area contributed by atoms with Crippen molar-refractivity contribution in [1.82, 2.24) is 29.5 Å². The summed E-state index contributed by atoms with van der Waals surface area (Å²) in [6.07, 6.45) is 11.6. The number of morpholine rings is 1. The van der Waals surface area contributed by atoms with Crippen molar-refractivity contribution >= 4 is 65.8 Å². The highest BCUT2D eigenvalue weighted by atomic mass is 79.9. The van der Waals surface area contributed by atoms with Gasteiger partial charge >= 0.3 is 0 Å². The van der Waals surface area contributed by atoms with Crippen LogP contribution in [-0.2, 0) is 14.8 Å². The number of hydrogen-bond acceptors (Lipinski definition) is 11. The molecule has 4 aliphatic rings. The number of pyridine rings is 2. The third-order valence-corrected chi connectivity index (χ3v) is 15.3. The molecule has 0 spiro atoms. The third kappa shape index (κ3) is 10.5. The number of ether oxygens (including phenoxy) is 3. The van der Waals surface area contributed by atoms with Crippen LogP contribution in [0.15, 0.2) is 94.2 Å². The molecule has 13 nitrogen and oxygen atoms in total. The summed E-state index contributed by atoms with van der Waals surface area (Å²) in [6.45, 7) is 12.3. The Kier molecular flexibility index (Phi) is 13.4. The maximum Gasteiger partial charge on any atom is 0.268 e. The number of aromatic amines is 1. The van der Waals surface area contributed by atoms with E-state index in [1.807, 2.05) is 36.4 Å². The van der Waals surface area contributed by atoms with Crippen LogP contribution in [0, 0.1) is 5.41 Å². The van der Waals surface area contributed by atoms with Crippen molar-refractivity contribution in [1.29, 1.82) is 0 Å². The van der Waals surface area contributed by atoms with Crippen LogP contribution < -0.4 is 19.1 Å². The van der Waals surface area contributed by atoms with Gasteiger partial charge in [0.15, 0.2) is 0 Å². The number of carbonyl (C=O) groups excluding carboxylic acids is 1. The van der Waals surface area contributed by atoms with E-state index in [4.69, 9.17) is 25.8 Å². The van der Waals surface area contributed by atoms with Gasteiger partial charge in [-0.3, -0.25) is 14.6 Å². The Morgan fingerprint density at radius 1 is 0.953 bits per heavy atom. The largest absolute Gasteiger partial charge is 0.474 e. The van der Waals surface area contributed by atoms with Crippen molar-refractivity contribution in [2.75, 3.05) is 63.9 Å². The number of nitrogens with zero attached hydrogens (tertiary/aromatic N) is 5. The van der Waals surface area contributed by atoms with E-state index in [1.54, 1.807) is 18.5 Å². The zero-order chi connectivity index (χ0) is 44.4. The molecule has 16 heteroatoms. The number of allylic oxidation sites excluding steroid dienone is 1. The molecule has 3 aromatic heterocycles. The highest BCUT2D eigenvalue weighted by molar-refractivity contribution is 9.10. The van der Waals surface area contributed by atoms with E-state index in [9.17, 15) is 13.2 Å². The molecule has 5 heterocycles. The van der Waals surface area contributed by atoms with Gasteiger partial charge in [-0.25, -0.2) is 23.1 Å². The van der Waals surface area contributed by atoms with Crippen LogP contribution >= 0.6 is 27.5 Å². The highest BCUT2D eigenvalue weighted by Crippen LogP contribution is 2.43. The zero-order valence-corrected chi connectivity index (χ0v) is 39.5. The standard InChI is InChI=1S/C48H55BrClN7O6S/c1-48(2)15-13-34(42(28-48)32-3-5-35(50)6-4-32)31-55-17-19-56(20-18-55)37-9-12-41(44(26-37)62-39-25-33-14-16-51-45(33)52-29-39)46(58)54-64(59,60)40-27-43(49)47(53-30-40)63-38-10-7-36(8-11-38)57-21-23-61-24-22-57/h3-6,9,12,14,16,25-27,29-30,36,38H,7-8,10-11,13,15,17-24,28,31H2,1-2H3,(H,51,52)(H,54,58)/t36-,38-. The average molecular weight is 973 g/mol. The second-order valence-electron chi connectivity index (χ2n) is 18.2. The van der Waals surface area contributed by atoms with Crippen molar-refractivity contribution < 1.29 is 27.4 Å². The molecule has 2 aliphatic heterocycles. The van der Waals surface area contributed by atoms with Gasteiger partial charge in [0.25, 0.3) is 15.9 Å². The fraction of sp³-hybridized carbons (Fsp3) is 0.438. The number of anilines is 1. The lowest BCUT2D eigenvalue weighted by Crippen LogP contribution is -2.47. The first-order valence-electron chi connectivity index (χ1n) is 22.3. The van der Waals surface area contributed by atoms with E-state index in [0.717, 1.165) is 120 Å². The summed E-state index contributed by atoms with van der Waals surface area (Å²) in [5, 5.41) is 1.58. The first-order chi connectivity index (χ1) is 30.9. The molecule has 2 N–H and O–H groups in total. The van der Waals surface area contributed by atoms with E-state index >= 15 is 0 Å². The van der Waals surface area contributed by atoms with Crippen molar-refractivity contribution in [3.05, 3.63) is 105 Å². The van der Waals surface area contributed by atoms with Crippen LogP contribution in [0.3, 0.4) is 0 Å². The topological polar surface area (TPSA) is 142 Å². The molecule has 338 valence electrons. The molecule has 2 aliphatic carbocycles. The number of H-pyrrole nitrogens is 1. The van der Waals surface area contributed by atoms with Gasteiger partial charge < -0.3 is 24.1 Å². The Labute approximate surface area is 388 Å². The van der Waals surface area contributed by atoms with E-state index in [0.29, 0.717) is 27.8 Å². The number of benzene rings is 2. The maximum atomic E-state index is 14.0. The van der Waals surface area contributed by atoms with Crippen LogP contribution in [0.25, 0.3) is 16.6 Å². The molecule has 1 saturated carbocycles. The molecular formula is C48H55BrClN7O6S. The number of rotatable bonds is 12. The summed E-state index contributed by atoms with van der Waals surface area (Å²) < 4.78 is 48.3. The molecule has 3 fully saturated rings. The highest BCUT2D eigenvalue weighted by Gasteiger charge is 2.32. The summed E-state index contributed by atoms with van der Waals surface area (Å²) >= 11 is 9.74. The Morgan fingerprint density at radius 2 is 1.72 bits per heavy atom. The molecule has 9 rings (SSSR count). The fourth-order valence-electron chi connectivity index (χ4n) is 9.49. The number of aromatic nitrogens is 3. The first-order valence-corrected chi connectivity index (χ1v) is 24.9. The van der Waals surface area contributed by atoms with Gasteiger partial charge in [-0.15, -0.1) is 0 Å². The summed E-state index contributed by atoms with van der Waals surface area (Å²) in [4.78, 5) is 33.0. The Balaban J connectivity index is 0.885. The van der Waals surface area contributed by atoms with Crippen LogP contribution in [0.5, 0.6) is 17.4 Å². The van der Waals surface area contributed by atoms with Gasteiger partial charge in [-0.2, -0.15) is 0 Å². The minimum atomic E-state index is -4.35. The molecule has 5 aromatic rings. The zero-order valence-electron chi connectivity index (χ0n) is 36.3. The van der Waals surface area contributed by atoms with Crippen molar-refractivity contribution in [3.8, 4) is 17.4 Å². The van der Waals surface area contributed by atoms with E-state index in [2.05, 4.69) is 76.3 Å². The second-order valence-corrected chi connectivity index (χ2v) is 21.1. The van der Waals surface area contributed by atoms with Crippen LogP contribution in [0.1, 0.15) is 74.7 Å². The summed E-state index contributed by atoms with van der Waals surface area (Å²) in [7, 11) is -4.35. The minimum Gasteiger partial charge on any atom is -0.474 e. The molecule has 0 radical (unpaired) electrons. The average Bonchev–Trinajstić information content (AvgIpc) is 3.77. The van der Waals surface area contributed by atoms with Gasteiger partial charge in [0, 0.05) is 80.2 Å². The number of carbonyl (C=O) groups is 1. The number of hydrogen-bond donors (Lipinski definition) is 2. The summed E-state index contributed by atoms with van der Waals surface area (Å²) in [6, 6.07) is 19.2. The molecule has 0 unspecified atom stereocenters. The molecule has 0 bridgehead atoms. The van der Waals surface area contributed by atoms with Crippen molar-refractivity contribution in [3.63, 3.8) is 0 Å². The third-order valence-electron chi connectivity index (χ3n) is 13.1. The Bertz CT molecular complexity index is 2620. The number of amides is 1. The van der Waals surface area contributed by atoms with Gasteiger partial charge in [0.2, 0.25) is 5.88 Å². The SMILES string of the molecule is CC1(C)CCC(CN2CCN(c3ccc(C(=O)NS(=O)(=O)c4cnc(O[C@H]5CC[C@H](N6CCOCC6)CC5)c(Br)c4)c(Oc4cnc5[nH]ccc5c4)c3)CC2)=C(c2ccc(Cl)cc2)C1. The molecule has 0 atom stereocenters. The van der Waals surface area contributed by atoms with E-state index < -0.39 is 15.9 Å². The molecular weight excluding hydrogens is 918 g/mol. The van der Waals surface area contributed by atoms with Crippen LogP contribution in [0.2, 0.25) is 5.02 Å². The van der Waals surface area contributed by atoms with Gasteiger partial charge in [0.05, 0.1) is 35.6 Å². The number of nitrogens with one attached hydrogen (secondary N) is 2. The number of fused-ring (bicyclic) bond motifs is 1. The summed E-state index contributed by atoms with van der Waals surface area (Å²) in [5.74, 6) is 0.0944. The molecule has 2 saturated heterocycles. The minimum absolute atomic E-state index is 0.0253. The van der Waals surface area contributed by atoms with Crippen LogP contribution in [-0.4, -0.2) is 110 Å². The quantitative estimate of drug-likeness (QED) is 0.124. The fourth-order valence-corrected chi connectivity index (χ4v) is 11.1. The van der Waals surface area contributed by atoms with Gasteiger partial charge in [0.1, 0.15) is 28.1 Å².